The van der Waals surface area contributed by atoms with Crippen molar-refractivity contribution in [2.75, 3.05) is 12.4 Å². The number of nitriles is 1. The van der Waals surface area contributed by atoms with Gasteiger partial charge in [-0.15, -0.1) is 0 Å². The lowest BCUT2D eigenvalue weighted by Crippen LogP contribution is -2.41. The molecule has 7 nitrogen and oxygen atoms in total. The van der Waals surface area contributed by atoms with Crippen molar-refractivity contribution in [1.82, 2.24) is 14.5 Å². The van der Waals surface area contributed by atoms with Gasteiger partial charge >= 0.3 is 0 Å². The highest BCUT2D eigenvalue weighted by atomic mass is 28.4. The van der Waals surface area contributed by atoms with Crippen LogP contribution in [0.25, 0.3) is 11.0 Å². The van der Waals surface area contributed by atoms with Crippen LogP contribution in [0.1, 0.15) is 83.3 Å². The van der Waals surface area contributed by atoms with E-state index in [2.05, 4.69) is 79.9 Å². The molecule has 0 spiro atoms. The molecule has 8 heteroatoms. The van der Waals surface area contributed by atoms with Crippen molar-refractivity contribution in [1.29, 1.82) is 5.26 Å². The number of fused-ring (bicyclic) bond motifs is 1. The SMILES string of the molecule is COc1ccc(CNc2cc3c(cn2)nc(C(C)O[Si](C)(C)C(C)(C)C)n3C2CCC(CC#N)CC2)cc1. The van der Waals surface area contributed by atoms with Crippen LogP contribution < -0.4 is 10.1 Å². The van der Waals surface area contributed by atoms with Crippen molar-refractivity contribution in [3.8, 4) is 11.8 Å². The van der Waals surface area contributed by atoms with E-state index in [0.29, 0.717) is 24.9 Å². The maximum Gasteiger partial charge on any atom is 0.193 e. The smallest absolute Gasteiger partial charge is 0.193 e. The number of benzene rings is 1. The van der Waals surface area contributed by atoms with Crippen LogP contribution in [0.3, 0.4) is 0 Å². The van der Waals surface area contributed by atoms with Gasteiger partial charge in [-0.2, -0.15) is 5.26 Å². The number of ether oxygens (including phenoxy) is 1. The minimum Gasteiger partial charge on any atom is -0.497 e. The van der Waals surface area contributed by atoms with Crippen LogP contribution in [0.5, 0.6) is 5.75 Å². The summed E-state index contributed by atoms with van der Waals surface area (Å²) in [6, 6.07) is 12.9. The fourth-order valence-electron chi connectivity index (χ4n) is 5.13. The van der Waals surface area contributed by atoms with Crippen LogP contribution in [0.15, 0.2) is 36.5 Å². The number of nitrogens with zero attached hydrogens (tertiary/aromatic N) is 4. The highest BCUT2D eigenvalue weighted by Crippen LogP contribution is 2.42. The summed E-state index contributed by atoms with van der Waals surface area (Å²) >= 11 is 0. The van der Waals surface area contributed by atoms with E-state index in [1.54, 1.807) is 7.11 Å². The molecular weight excluding hydrogens is 490 g/mol. The first-order valence-corrected chi connectivity index (χ1v) is 16.7. The summed E-state index contributed by atoms with van der Waals surface area (Å²) in [6.07, 6.45) is 6.66. The van der Waals surface area contributed by atoms with Crippen molar-refractivity contribution in [2.24, 2.45) is 5.92 Å². The maximum absolute atomic E-state index is 9.19. The number of anilines is 1. The normalized spacial score (nSPS) is 19.2. The number of hydrogen-bond acceptors (Lipinski definition) is 6. The topological polar surface area (TPSA) is 85.0 Å². The number of methoxy groups -OCH3 is 1. The van der Waals surface area contributed by atoms with Crippen molar-refractivity contribution in [3.63, 3.8) is 0 Å². The minimum atomic E-state index is -1.99. The van der Waals surface area contributed by atoms with Crippen molar-refractivity contribution in [2.45, 2.75) is 96.6 Å². The molecule has 2 heterocycles. The van der Waals surface area contributed by atoms with E-state index in [4.69, 9.17) is 14.1 Å². The summed E-state index contributed by atoms with van der Waals surface area (Å²) in [5.41, 5.74) is 3.16. The molecule has 0 amide bonds. The third-order valence-electron chi connectivity index (χ3n) is 8.44. The Morgan fingerprint density at radius 1 is 1.16 bits per heavy atom. The molecule has 2 aromatic heterocycles. The molecule has 4 rings (SSSR count). The average molecular weight is 534 g/mol. The highest BCUT2D eigenvalue weighted by Gasteiger charge is 2.40. The minimum absolute atomic E-state index is 0.115. The number of hydrogen-bond donors (Lipinski definition) is 1. The van der Waals surface area contributed by atoms with E-state index in [9.17, 15) is 5.26 Å². The summed E-state index contributed by atoms with van der Waals surface area (Å²) in [5.74, 6) is 3.17. The van der Waals surface area contributed by atoms with Crippen molar-refractivity contribution >= 4 is 25.2 Å². The number of nitrogens with one attached hydrogen (secondary N) is 1. The first-order valence-electron chi connectivity index (χ1n) is 13.8. The molecule has 0 radical (unpaired) electrons. The number of aromatic nitrogens is 3. The molecule has 1 atom stereocenters. The third kappa shape index (κ3) is 6.21. The van der Waals surface area contributed by atoms with Gasteiger partial charge in [-0.3, -0.25) is 0 Å². The molecule has 1 aromatic carbocycles. The summed E-state index contributed by atoms with van der Waals surface area (Å²) < 4.78 is 14.5. The van der Waals surface area contributed by atoms with Crippen molar-refractivity contribution in [3.05, 3.63) is 47.9 Å². The zero-order chi connectivity index (χ0) is 27.5. The summed E-state index contributed by atoms with van der Waals surface area (Å²) in [4.78, 5) is 9.78. The monoisotopic (exact) mass is 533 g/mol. The van der Waals surface area contributed by atoms with E-state index in [-0.39, 0.29) is 11.1 Å². The average Bonchev–Trinajstić information content (AvgIpc) is 3.26. The first-order chi connectivity index (χ1) is 18.0. The molecule has 1 unspecified atom stereocenters. The number of rotatable bonds is 9. The summed E-state index contributed by atoms with van der Waals surface area (Å²) in [7, 11) is -0.310. The van der Waals surface area contributed by atoms with Gasteiger partial charge in [0.15, 0.2) is 8.32 Å². The molecule has 1 saturated carbocycles. The zero-order valence-corrected chi connectivity index (χ0v) is 25.0. The van der Waals surface area contributed by atoms with Crippen molar-refractivity contribution < 1.29 is 9.16 Å². The van der Waals surface area contributed by atoms with E-state index in [0.717, 1.165) is 59.7 Å². The Balaban J connectivity index is 1.65. The van der Waals surface area contributed by atoms with Gasteiger partial charge < -0.3 is 19.0 Å². The van der Waals surface area contributed by atoms with Crippen LogP contribution >= 0.6 is 0 Å². The first kappa shape index (κ1) is 28.1. The van der Waals surface area contributed by atoms with E-state index in [1.807, 2.05) is 18.3 Å². The molecule has 1 aliphatic carbocycles. The van der Waals surface area contributed by atoms with Crippen LogP contribution in [-0.2, 0) is 11.0 Å². The lowest BCUT2D eigenvalue weighted by molar-refractivity contribution is 0.180. The third-order valence-corrected chi connectivity index (χ3v) is 13.0. The standard InChI is InChI=1S/C30H43N5O2Si/c1-21(37-38(6,7)30(2,3)4)29-34-26-20-33-28(32-19-23-10-14-25(36-5)15-11-23)18-27(26)35(29)24-12-8-22(9-13-24)16-17-31/h10-11,14-15,18,20-22,24H,8-9,12-13,16,19H2,1-7H3,(H,32,33). The van der Waals surface area contributed by atoms with E-state index in [1.165, 1.54) is 0 Å². The maximum atomic E-state index is 9.19. The van der Waals surface area contributed by atoms with Crippen LogP contribution in [-0.4, -0.2) is 30.0 Å². The Labute approximate surface area is 228 Å². The molecule has 0 aliphatic heterocycles. The summed E-state index contributed by atoms with van der Waals surface area (Å²) in [5, 5.41) is 12.8. The Kier molecular flexibility index (Phi) is 8.48. The molecule has 38 heavy (non-hydrogen) atoms. The van der Waals surface area contributed by atoms with E-state index >= 15 is 0 Å². The van der Waals surface area contributed by atoms with Gasteiger partial charge in [0.2, 0.25) is 0 Å². The van der Waals surface area contributed by atoms with Gasteiger partial charge in [0, 0.05) is 25.1 Å². The molecule has 0 bridgehead atoms. The molecule has 3 aromatic rings. The molecule has 1 aliphatic rings. The van der Waals surface area contributed by atoms with Gasteiger partial charge in [0.1, 0.15) is 29.0 Å². The fourth-order valence-corrected chi connectivity index (χ4v) is 6.47. The van der Waals surface area contributed by atoms with Crippen LogP contribution in [0.4, 0.5) is 5.82 Å². The lowest BCUT2D eigenvalue weighted by Gasteiger charge is -2.39. The van der Waals surface area contributed by atoms with Gasteiger partial charge in [0.25, 0.3) is 0 Å². The highest BCUT2D eigenvalue weighted by molar-refractivity contribution is 6.74. The Hall–Kier alpha value is -2.89. The van der Waals surface area contributed by atoms with Crippen LogP contribution in [0.2, 0.25) is 18.1 Å². The largest absolute Gasteiger partial charge is 0.497 e. The lowest BCUT2D eigenvalue weighted by atomic mass is 9.84. The summed E-state index contributed by atoms with van der Waals surface area (Å²) in [6.45, 7) is 14.2. The molecular formula is C30H43N5O2Si. The predicted molar refractivity (Wildman–Crippen MR) is 156 cm³/mol. The zero-order valence-electron chi connectivity index (χ0n) is 24.0. The molecule has 1 N–H and O–H groups in total. The van der Waals surface area contributed by atoms with Gasteiger partial charge in [-0.1, -0.05) is 32.9 Å². The van der Waals surface area contributed by atoms with Gasteiger partial charge in [-0.25, -0.2) is 9.97 Å². The molecule has 0 saturated heterocycles. The second-order valence-electron chi connectivity index (χ2n) is 12.2. The quantitative estimate of drug-likeness (QED) is 0.283. The second-order valence-corrected chi connectivity index (χ2v) is 16.9. The van der Waals surface area contributed by atoms with Gasteiger partial charge in [-0.05, 0) is 74.4 Å². The predicted octanol–water partition coefficient (Wildman–Crippen LogP) is 7.78. The Morgan fingerprint density at radius 2 is 1.84 bits per heavy atom. The Bertz CT molecular complexity index is 1260. The van der Waals surface area contributed by atoms with Crippen LogP contribution in [0, 0.1) is 17.2 Å². The number of pyridine rings is 1. The Morgan fingerprint density at radius 3 is 2.45 bits per heavy atom. The second kappa shape index (κ2) is 11.5. The molecule has 204 valence electrons. The number of imidazole rings is 1. The fraction of sp³-hybridized carbons (Fsp3) is 0.567. The molecule has 1 fully saturated rings. The van der Waals surface area contributed by atoms with E-state index < -0.39 is 8.32 Å². The van der Waals surface area contributed by atoms with Gasteiger partial charge in [0.05, 0.1) is 24.9 Å².